The summed E-state index contributed by atoms with van der Waals surface area (Å²) in [5, 5.41) is 5.95. The number of aromatic nitrogens is 2. The minimum absolute atomic E-state index is 0. The molecule has 0 bridgehead atoms. The van der Waals surface area contributed by atoms with Crippen molar-refractivity contribution in [2.45, 2.75) is 26.2 Å². The van der Waals surface area contributed by atoms with E-state index in [4.69, 9.17) is 9.47 Å². The molecule has 0 aliphatic rings. The zero-order valence-electron chi connectivity index (χ0n) is 18.3. The Kier molecular flexibility index (Phi) is 10.6. The van der Waals surface area contributed by atoms with E-state index in [0.717, 1.165) is 12.8 Å². The molecule has 9 heteroatoms. The minimum Gasteiger partial charge on any atom is -0.490 e. The summed E-state index contributed by atoms with van der Waals surface area (Å²) < 4.78 is 11.4. The van der Waals surface area contributed by atoms with Crippen molar-refractivity contribution in [3.05, 3.63) is 72.6 Å². The summed E-state index contributed by atoms with van der Waals surface area (Å²) >= 11 is 0. The van der Waals surface area contributed by atoms with Gasteiger partial charge in [-0.2, -0.15) is 0 Å². The number of nitrogens with zero attached hydrogens (tertiary/aromatic N) is 2. The van der Waals surface area contributed by atoms with Crippen LogP contribution < -0.4 is 20.1 Å². The fourth-order valence-electron chi connectivity index (χ4n) is 2.80. The highest BCUT2D eigenvalue weighted by molar-refractivity contribution is 6.05. The molecule has 174 valence electrons. The Morgan fingerprint density at radius 2 is 1.70 bits per heavy atom. The summed E-state index contributed by atoms with van der Waals surface area (Å²) in [6.45, 7) is 2.83. The molecule has 8 nitrogen and oxygen atoms in total. The average molecular weight is 471 g/mol. The number of anilines is 2. The number of nitrogens with one attached hydrogen (secondary N) is 2. The first kappa shape index (κ1) is 25.6. The molecule has 0 atom stereocenters. The third kappa shape index (κ3) is 8.08. The van der Waals surface area contributed by atoms with Crippen molar-refractivity contribution in [3.8, 4) is 11.5 Å². The number of carbonyl (C=O) groups is 2. The summed E-state index contributed by atoms with van der Waals surface area (Å²) in [6.07, 6.45) is 5.17. The van der Waals surface area contributed by atoms with E-state index in [-0.39, 0.29) is 30.5 Å². The number of ether oxygens (including phenoxy) is 2. The van der Waals surface area contributed by atoms with E-state index in [0.29, 0.717) is 36.1 Å². The summed E-state index contributed by atoms with van der Waals surface area (Å²) in [4.78, 5) is 32.8. The molecule has 3 aromatic rings. The third-order valence-electron chi connectivity index (χ3n) is 4.45. The van der Waals surface area contributed by atoms with Gasteiger partial charge in [0.1, 0.15) is 0 Å². The van der Waals surface area contributed by atoms with Crippen molar-refractivity contribution in [2.24, 2.45) is 0 Å². The average Bonchev–Trinajstić information content (AvgIpc) is 2.84. The minimum atomic E-state index is -0.414. The van der Waals surface area contributed by atoms with Crippen LogP contribution in [-0.2, 0) is 4.79 Å². The van der Waals surface area contributed by atoms with Gasteiger partial charge in [0.15, 0.2) is 11.5 Å². The van der Waals surface area contributed by atoms with Crippen LogP contribution in [0.5, 0.6) is 11.5 Å². The van der Waals surface area contributed by atoms with Crippen molar-refractivity contribution in [1.29, 1.82) is 0 Å². The van der Waals surface area contributed by atoms with E-state index < -0.39 is 5.97 Å². The molecular weight excluding hydrogens is 444 g/mol. The molecule has 1 heterocycles. The molecule has 0 spiro atoms. The van der Waals surface area contributed by atoms with Crippen molar-refractivity contribution in [1.82, 2.24) is 9.97 Å². The molecule has 0 fully saturated rings. The Morgan fingerprint density at radius 3 is 2.42 bits per heavy atom. The number of rotatable bonds is 11. The molecule has 0 radical (unpaired) electrons. The lowest BCUT2D eigenvalue weighted by atomic mass is 10.2. The molecule has 1 aromatic heterocycles. The summed E-state index contributed by atoms with van der Waals surface area (Å²) in [7, 11) is 0. The predicted molar refractivity (Wildman–Crippen MR) is 129 cm³/mol. The van der Waals surface area contributed by atoms with Crippen LogP contribution >= 0.6 is 12.4 Å². The first-order valence-corrected chi connectivity index (χ1v) is 10.5. The van der Waals surface area contributed by atoms with E-state index >= 15 is 0 Å². The Morgan fingerprint density at radius 1 is 0.939 bits per heavy atom. The van der Waals surface area contributed by atoms with Gasteiger partial charge in [0.25, 0.3) is 5.91 Å². The summed E-state index contributed by atoms with van der Waals surface area (Å²) in [5.74, 6) is 0.481. The number of benzene rings is 2. The number of esters is 1. The summed E-state index contributed by atoms with van der Waals surface area (Å²) in [6, 6.07) is 15.7. The largest absolute Gasteiger partial charge is 0.490 e. The first-order valence-electron chi connectivity index (χ1n) is 10.5. The van der Waals surface area contributed by atoms with E-state index in [1.807, 2.05) is 6.07 Å². The molecule has 2 aromatic carbocycles. The quantitative estimate of drug-likeness (QED) is 0.237. The van der Waals surface area contributed by atoms with Gasteiger partial charge in [-0.05, 0) is 43.2 Å². The first-order chi connectivity index (χ1) is 15.7. The Bertz CT molecular complexity index is 1020. The van der Waals surface area contributed by atoms with Crippen molar-refractivity contribution in [3.63, 3.8) is 0 Å². The van der Waals surface area contributed by atoms with Crippen LogP contribution in [0.15, 0.2) is 67.0 Å². The van der Waals surface area contributed by atoms with E-state index in [1.54, 1.807) is 67.8 Å². The molecule has 0 unspecified atom stereocenters. The lowest BCUT2D eigenvalue weighted by Gasteiger charge is -2.16. The normalized spacial score (nSPS) is 9.97. The van der Waals surface area contributed by atoms with Crippen molar-refractivity contribution in [2.75, 3.05) is 23.8 Å². The standard InChI is InChI=1S/C24H26N4O4.ClH/c1-2-21(29)32-22-19(28-23(30)18-10-4-3-5-11-18)12-8-13-20(22)31-17-7-6-14-25-24-26-15-9-16-27-24;/h3-5,8-13,15-16H,2,6-7,14,17H2,1H3,(H,28,30)(H,25,26,27);1H. The van der Waals surface area contributed by atoms with Crippen LogP contribution in [0.2, 0.25) is 0 Å². The van der Waals surface area contributed by atoms with Gasteiger partial charge in [0.2, 0.25) is 5.95 Å². The highest BCUT2D eigenvalue weighted by Gasteiger charge is 2.17. The molecule has 0 saturated carbocycles. The molecule has 0 saturated heterocycles. The van der Waals surface area contributed by atoms with Crippen LogP contribution in [0.4, 0.5) is 11.6 Å². The van der Waals surface area contributed by atoms with Crippen LogP contribution in [0.25, 0.3) is 0 Å². The number of hydrogen-bond acceptors (Lipinski definition) is 7. The number of unbranched alkanes of at least 4 members (excludes halogenated alkanes) is 1. The molecule has 33 heavy (non-hydrogen) atoms. The molecule has 3 rings (SSSR count). The second kappa shape index (κ2) is 13.7. The van der Waals surface area contributed by atoms with Gasteiger partial charge in [-0.15, -0.1) is 12.4 Å². The van der Waals surface area contributed by atoms with Gasteiger partial charge in [-0.25, -0.2) is 9.97 Å². The van der Waals surface area contributed by atoms with E-state index in [9.17, 15) is 9.59 Å². The lowest BCUT2D eigenvalue weighted by molar-refractivity contribution is -0.134. The van der Waals surface area contributed by atoms with Gasteiger partial charge >= 0.3 is 5.97 Å². The van der Waals surface area contributed by atoms with Crippen molar-refractivity contribution >= 4 is 35.9 Å². The zero-order chi connectivity index (χ0) is 22.6. The fraction of sp³-hybridized carbons (Fsp3) is 0.250. The smallest absolute Gasteiger partial charge is 0.311 e. The topological polar surface area (TPSA) is 102 Å². The van der Waals surface area contributed by atoms with Crippen molar-refractivity contribution < 1.29 is 19.1 Å². The van der Waals surface area contributed by atoms with Gasteiger partial charge in [-0.1, -0.05) is 31.2 Å². The van der Waals surface area contributed by atoms with Crippen LogP contribution in [0.3, 0.4) is 0 Å². The van der Waals surface area contributed by atoms with Crippen LogP contribution in [0, 0.1) is 0 Å². The molecule has 2 N–H and O–H groups in total. The number of amides is 1. The number of para-hydroxylation sites is 1. The van der Waals surface area contributed by atoms with Gasteiger partial charge in [0, 0.05) is 30.9 Å². The highest BCUT2D eigenvalue weighted by Crippen LogP contribution is 2.36. The Labute approximate surface area is 199 Å². The number of carbonyl (C=O) groups excluding carboxylic acids is 2. The molecule has 1 amide bonds. The predicted octanol–water partition coefficient (Wildman–Crippen LogP) is 4.74. The monoisotopic (exact) mass is 470 g/mol. The number of hydrogen-bond donors (Lipinski definition) is 2. The van der Waals surface area contributed by atoms with E-state index in [2.05, 4.69) is 20.6 Å². The number of halogens is 1. The molecular formula is C24H27ClN4O4. The second-order valence-electron chi connectivity index (χ2n) is 6.84. The molecule has 0 aliphatic carbocycles. The van der Waals surface area contributed by atoms with Gasteiger partial charge in [0.05, 0.1) is 12.3 Å². The fourth-order valence-corrected chi connectivity index (χ4v) is 2.80. The summed E-state index contributed by atoms with van der Waals surface area (Å²) in [5.41, 5.74) is 0.877. The zero-order valence-corrected chi connectivity index (χ0v) is 19.1. The molecule has 0 aliphatic heterocycles. The Hall–Kier alpha value is -3.65. The van der Waals surface area contributed by atoms with Crippen LogP contribution in [0.1, 0.15) is 36.5 Å². The van der Waals surface area contributed by atoms with E-state index in [1.165, 1.54) is 0 Å². The third-order valence-corrected chi connectivity index (χ3v) is 4.45. The SMILES string of the molecule is CCC(=O)Oc1c(NC(=O)c2ccccc2)cccc1OCCCCNc1ncccn1.Cl. The van der Waals surface area contributed by atoms with Gasteiger partial charge < -0.3 is 20.1 Å². The maximum absolute atomic E-state index is 12.6. The second-order valence-corrected chi connectivity index (χ2v) is 6.84. The maximum Gasteiger partial charge on any atom is 0.311 e. The maximum atomic E-state index is 12.6. The Balaban J connectivity index is 0.00000385. The van der Waals surface area contributed by atoms with Gasteiger partial charge in [-0.3, -0.25) is 9.59 Å². The highest BCUT2D eigenvalue weighted by atomic mass is 35.5. The lowest BCUT2D eigenvalue weighted by Crippen LogP contribution is -2.15. The van der Waals surface area contributed by atoms with Crippen LogP contribution in [-0.4, -0.2) is 35.0 Å².